The molecule has 2 saturated carbocycles. The molecule has 5 nitrogen and oxygen atoms in total. The maximum absolute atomic E-state index is 13.1. The van der Waals surface area contributed by atoms with Gasteiger partial charge < -0.3 is 19.7 Å². The average Bonchev–Trinajstić information content (AvgIpc) is 3.56. The van der Waals surface area contributed by atoms with Crippen LogP contribution < -0.4 is 14.8 Å². The van der Waals surface area contributed by atoms with Gasteiger partial charge in [0.2, 0.25) is 0 Å². The third-order valence-electron chi connectivity index (χ3n) is 5.85. The highest BCUT2D eigenvalue weighted by Gasteiger charge is 2.45. The zero-order valence-corrected chi connectivity index (χ0v) is 18.0. The highest BCUT2D eigenvalue weighted by Crippen LogP contribution is 2.47. The van der Waals surface area contributed by atoms with Crippen LogP contribution >= 0.6 is 0 Å². The second kappa shape index (κ2) is 9.06. The Labute approximate surface area is 169 Å². The lowest BCUT2D eigenvalue weighted by Gasteiger charge is -2.32. The molecule has 3 rings (SSSR count). The van der Waals surface area contributed by atoms with Gasteiger partial charge in [0.1, 0.15) is 0 Å². The van der Waals surface area contributed by atoms with Crippen LogP contribution in [0.5, 0.6) is 11.5 Å². The normalized spacial score (nSPS) is 17.5. The summed E-state index contributed by atoms with van der Waals surface area (Å²) in [4.78, 5) is 15.1. The highest BCUT2D eigenvalue weighted by atomic mass is 16.5. The van der Waals surface area contributed by atoms with Crippen molar-refractivity contribution in [2.45, 2.75) is 65.5 Å². The molecule has 2 amide bonds. The van der Waals surface area contributed by atoms with Gasteiger partial charge in [0.15, 0.2) is 11.5 Å². The smallest absolute Gasteiger partial charge is 0.317 e. The van der Waals surface area contributed by atoms with Gasteiger partial charge >= 0.3 is 6.03 Å². The zero-order valence-electron chi connectivity index (χ0n) is 18.0. The Morgan fingerprint density at radius 1 is 1.07 bits per heavy atom. The van der Waals surface area contributed by atoms with Crippen molar-refractivity contribution < 1.29 is 14.3 Å². The van der Waals surface area contributed by atoms with Crippen LogP contribution in [-0.2, 0) is 0 Å². The van der Waals surface area contributed by atoms with E-state index >= 15 is 0 Å². The molecule has 1 aromatic rings. The summed E-state index contributed by atoms with van der Waals surface area (Å²) >= 11 is 0. The molecule has 1 aromatic carbocycles. The highest BCUT2D eigenvalue weighted by molar-refractivity contribution is 5.75. The second-order valence-electron chi connectivity index (χ2n) is 8.52. The maximum atomic E-state index is 13.1. The molecule has 28 heavy (non-hydrogen) atoms. The maximum Gasteiger partial charge on any atom is 0.317 e. The Morgan fingerprint density at radius 3 is 2.14 bits per heavy atom. The third kappa shape index (κ3) is 4.92. The van der Waals surface area contributed by atoms with Gasteiger partial charge in [0, 0.05) is 13.1 Å². The zero-order chi connectivity index (χ0) is 20.3. The predicted octanol–water partition coefficient (Wildman–Crippen LogP) is 5.01. The Bertz CT molecular complexity index is 656. The van der Waals surface area contributed by atoms with Crippen LogP contribution in [0, 0.1) is 17.8 Å². The molecule has 1 N–H and O–H groups in total. The van der Waals surface area contributed by atoms with Crippen molar-refractivity contribution in [3.63, 3.8) is 0 Å². The number of benzene rings is 1. The molecule has 0 bridgehead atoms. The molecule has 2 aliphatic carbocycles. The summed E-state index contributed by atoms with van der Waals surface area (Å²) in [6.07, 6.45) is 5.07. The number of hydrogen-bond donors (Lipinski definition) is 1. The van der Waals surface area contributed by atoms with Gasteiger partial charge in [-0.3, -0.25) is 0 Å². The summed E-state index contributed by atoms with van der Waals surface area (Å²) in [5, 5.41) is 3.29. The molecule has 5 heteroatoms. The second-order valence-corrected chi connectivity index (χ2v) is 8.52. The molecule has 0 saturated heterocycles. The minimum Gasteiger partial charge on any atom is -0.490 e. The number of ether oxygens (including phenoxy) is 2. The van der Waals surface area contributed by atoms with Crippen molar-refractivity contribution in [2.75, 3.05) is 20.3 Å². The van der Waals surface area contributed by atoms with Crippen LogP contribution in [0.15, 0.2) is 18.2 Å². The molecule has 1 atom stereocenters. The molecule has 0 spiro atoms. The van der Waals surface area contributed by atoms with Gasteiger partial charge in [-0.15, -0.1) is 0 Å². The Morgan fingerprint density at radius 2 is 1.64 bits per heavy atom. The first kappa shape index (κ1) is 20.8. The van der Waals surface area contributed by atoms with Crippen LogP contribution in [0.25, 0.3) is 0 Å². The largest absolute Gasteiger partial charge is 0.490 e. The summed E-state index contributed by atoms with van der Waals surface area (Å²) in [6, 6.07) is 6.38. The summed E-state index contributed by atoms with van der Waals surface area (Å²) in [7, 11) is 1.97. The first-order chi connectivity index (χ1) is 13.5. The molecule has 2 aliphatic rings. The Hall–Kier alpha value is -1.91. The molecular weight excluding hydrogens is 352 g/mol. The quantitative estimate of drug-likeness (QED) is 0.613. The molecule has 156 valence electrons. The number of amides is 2. The lowest BCUT2D eigenvalue weighted by atomic mass is 9.95. The number of carbonyl (C=O) groups excluding carboxylic acids is 1. The summed E-state index contributed by atoms with van der Waals surface area (Å²) in [5.74, 6) is 3.17. The summed E-state index contributed by atoms with van der Waals surface area (Å²) in [6.45, 7) is 9.39. The van der Waals surface area contributed by atoms with Crippen molar-refractivity contribution in [3.05, 3.63) is 23.8 Å². The van der Waals surface area contributed by atoms with Crippen molar-refractivity contribution in [1.29, 1.82) is 0 Å². The van der Waals surface area contributed by atoms with Gasteiger partial charge in [-0.25, -0.2) is 4.79 Å². The van der Waals surface area contributed by atoms with Crippen LogP contribution in [0.2, 0.25) is 0 Å². The van der Waals surface area contributed by atoms with Crippen LogP contribution in [0.1, 0.15) is 65.0 Å². The van der Waals surface area contributed by atoms with E-state index in [1.807, 2.05) is 44.0 Å². The Kier molecular flexibility index (Phi) is 6.73. The van der Waals surface area contributed by atoms with Crippen molar-refractivity contribution in [1.82, 2.24) is 10.2 Å². The first-order valence-electron chi connectivity index (χ1n) is 10.9. The van der Waals surface area contributed by atoms with Gasteiger partial charge in [-0.1, -0.05) is 19.9 Å². The monoisotopic (exact) mass is 388 g/mol. The molecule has 0 unspecified atom stereocenters. The number of hydrogen-bond acceptors (Lipinski definition) is 3. The number of carbonyl (C=O) groups is 1. The number of urea groups is 1. The molecular formula is C23H36N2O3. The number of nitrogens with zero attached hydrogens (tertiary/aromatic N) is 1. The SMILES string of the molecule is CCOc1ccc([C@H](NC(=O)N(C)C(C2CC2)C2CC2)C(C)C)cc1OCC. The average molecular weight is 389 g/mol. The van der Waals surface area contributed by atoms with Gasteiger partial charge in [0.05, 0.1) is 19.3 Å². The topological polar surface area (TPSA) is 50.8 Å². The van der Waals surface area contributed by atoms with E-state index < -0.39 is 0 Å². The molecule has 0 aliphatic heterocycles. The van der Waals surface area contributed by atoms with E-state index in [0.29, 0.717) is 31.1 Å². The van der Waals surface area contributed by atoms with Crippen molar-refractivity contribution >= 4 is 6.03 Å². The standard InChI is InChI=1S/C23H36N2O3/c1-6-27-19-13-12-18(14-20(19)28-7-2)21(15(3)4)24-23(26)25(5)22(16-8-9-16)17-10-11-17/h12-17,21-22H,6-11H2,1-5H3,(H,24,26)/t21-/m1/s1. The van der Waals surface area contributed by atoms with Gasteiger partial charge in [-0.05, 0) is 75.0 Å². The lowest BCUT2D eigenvalue weighted by molar-refractivity contribution is 0.167. The summed E-state index contributed by atoms with van der Waals surface area (Å²) in [5.41, 5.74) is 1.05. The number of rotatable bonds is 10. The van der Waals surface area contributed by atoms with E-state index in [1.54, 1.807) is 0 Å². The fraction of sp³-hybridized carbons (Fsp3) is 0.696. The fourth-order valence-electron chi connectivity index (χ4n) is 4.16. The van der Waals surface area contributed by atoms with E-state index in [1.165, 1.54) is 25.7 Å². The molecule has 0 aromatic heterocycles. The van der Waals surface area contributed by atoms with Gasteiger partial charge in [-0.2, -0.15) is 0 Å². The van der Waals surface area contributed by atoms with E-state index in [9.17, 15) is 4.79 Å². The first-order valence-corrected chi connectivity index (χ1v) is 10.9. The Balaban J connectivity index is 1.75. The predicted molar refractivity (Wildman–Crippen MR) is 112 cm³/mol. The lowest BCUT2D eigenvalue weighted by Crippen LogP contribution is -2.47. The third-order valence-corrected chi connectivity index (χ3v) is 5.85. The summed E-state index contributed by atoms with van der Waals surface area (Å²) < 4.78 is 11.5. The van der Waals surface area contributed by atoms with E-state index in [2.05, 4.69) is 19.2 Å². The van der Waals surface area contributed by atoms with Crippen molar-refractivity contribution in [3.8, 4) is 11.5 Å². The van der Waals surface area contributed by atoms with Crippen LogP contribution in [0.3, 0.4) is 0 Å². The van der Waals surface area contributed by atoms with E-state index in [4.69, 9.17) is 9.47 Å². The molecule has 2 fully saturated rings. The van der Waals surface area contributed by atoms with E-state index in [0.717, 1.165) is 17.1 Å². The van der Waals surface area contributed by atoms with Crippen molar-refractivity contribution in [2.24, 2.45) is 17.8 Å². The minimum atomic E-state index is -0.0658. The van der Waals surface area contributed by atoms with Crippen LogP contribution in [0.4, 0.5) is 4.79 Å². The molecule has 0 radical (unpaired) electrons. The minimum absolute atomic E-state index is 0.0364. The number of nitrogens with one attached hydrogen (secondary N) is 1. The van der Waals surface area contributed by atoms with Crippen LogP contribution in [-0.4, -0.2) is 37.2 Å². The van der Waals surface area contributed by atoms with Gasteiger partial charge in [0.25, 0.3) is 0 Å². The van der Waals surface area contributed by atoms with E-state index in [-0.39, 0.29) is 18.0 Å². The molecule has 0 heterocycles. The fourth-order valence-corrected chi connectivity index (χ4v) is 4.16.